The van der Waals surface area contributed by atoms with Crippen LogP contribution < -0.4 is 0 Å². The van der Waals surface area contributed by atoms with E-state index in [4.69, 9.17) is 10.4 Å². The van der Waals surface area contributed by atoms with Gasteiger partial charge in [-0.15, -0.1) is 0 Å². The lowest BCUT2D eigenvalue weighted by Crippen LogP contribution is -2.29. The Morgan fingerprint density at radius 1 is 1.53 bits per heavy atom. The van der Waals surface area contributed by atoms with Crippen LogP contribution in [-0.2, 0) is 0 Å². The molecule has 0 spiro atoms. The second-order valence-corrected chi connectivity index (χ2v) is 3.81. The predicted octanol–water partition coefficient (Wildman–Crippen LogP) is 0.801. The number of aliphatic hydroxyl groups excluding tert-OH is 1. The van der Waals surface area contributed by atoms with Crippen LogP contribution in [0.1, 0.15) is 28.9 Å². The molecule has 0 aliphatic heterocycles. The summed E-state index contributed by atoms with van der Waals surface area (Å²) in [5.41, 5.74) is 0.804. The summed E-state index contributed by atoms with van der Waals surface area (Å²) < 4.78 is 0. The van der Waals surface area contributed by atoms with Gasteiger partial charge < -0.3 is 10.0 Å². The van der Waals surface area contributed by atoms with Crippen LogP contribution in [0.25, 0.3) is 0 Å². The van der Waals surface area contributed by atoms with Crippen molar-refractivity contribution in [2.75, 3.05) is 20.2 Å². The zero-order chi connectivity index (χ0) is 14.1. The van der Waals surface area contributed by atoms with Gasteiger partial charge in [-0.1, -0.05) is 11.8 Å². The summed E-state index contributed by atoms with van der Waals surface area (Å²) >= 11 is 0. The summed E-state index contributed by atoms with van der Waals surface area (Å²) in [5.74, 6) is 5.33. The van der Waals surface area contributed by atoms with Crippen molar-refractivity contribution < 1.29 is 9.90 Å². The van der Waals surface area contributed by atoms with E-state index in [1.54, 1.807) is 19.2 Å². The molecule has 0 saturated carbocycles. The number of aromatic nitrogens is 1. The Bertz CT molecular complexity index is 538. The molecule has 1 aromatic rings. The standard InChI is InChI=1S/C14H15N3O2/c1-17(10-5-8-15)14(19)13-12(6-2-3-11-18)7-4-9-16-13/h4,7,9,18H,3,5,10-11H2,1H3. The smallest absolute Gasteiger partial charge is 0.273 e. The first-order chi connectivity index (χ1) is 9.20. The predicted molar refractivity (Wildman–Crippen MR) is 70.0 cm³/mol. The van der Waals surface area contributed by atoms with Gasteiger partial charge in [-0.3, -0.25) is 4.79 Å². The third-order valence-corrected chi connectivity index (χ3v) is 2.38. The number of pyridine rings is 1. The number of nitriles is 1. The topological polar surface area (TPSA) is 77.2 Å². The quantitative estimate of drug-likeness (QED) is 0.809. The van der Waals surface area contributed by atoms with Gasteiger partial charge in [-0.25, -0.2) is 4.98 Å². The number of amides is 1. The fourth-order valence-corrected chi connectivity index (χ4v) is 1.39. The number of carbonyl (C=O) groups is 1. The van der Waals surface area contributed by atoms with Crippen LogP contribution in [0.5, 0.6) is 0 Å². The molecule has 0 atom stereocenters. The zero-order valence-electron chi connectivity index (χ0n) is 10.8. The van der Waals surface area contributed by atoms with Crippen molar-refractivity contribution >= 4 is 5.91 Å². The number of hydrogen-bond donors (Lipinski definition) is 1. The molecule has 5 nitrogen and oxygen atoms in total. The summed E-state index contributed by atoms with van der Waals surface area (Å²) in [6.07, 6.45) is 2.16. The molecule has 0 aliphatic rings. The molecule has 0 aliphatic carbocycles. The van der Waals surface area contributed by atoms with Gasteiger partial charge in [0.05, 0.1) is 24.7 Å². The Kier molecular flexibility index (Phi) is 6.08. The molecule has 0 unspecified atom stereocenters. The first-order valence-corrected chi connectivity index (χ1v) is 5.88. The van der Waals surface area contributed by atoms with Crippen LogP contribution in [0.3, 0.4) is 0 Å². The lowest BCUT2D eigenvalue weighted by molar-refractivity contribution is 0.0792. The van der Waals surface area contributed by atoms with Gasteiger partial charge in [0.2, 0.25) is 0 Å². The van der Waals surface area contributed by atoms with E-state index in [1.807, 2.05) is 6.07 Å². The highest BCUT2D eigenvalue weighted by Crippen LogP contribution is 2.07. The second-order valence-electron chi connectivity index (χ2n) is 3.81. The normalized spacial score (nSPS) is 9.11. The van der Waals surface area contributed by atoms with Crippen LogP contribution in [0.15, 0.2) is 18.3 Å². The van der Waals surface area contributed by atoms with E-state index in [0.29, 0.717) is 18.5 Å². The Labute approximate surface area is 112 Å². The number of rotatable bonds is 4. The van der Waals surface area contributed by atoms with Crippen molar-refractivity contribution in [3.63, 3.8) is 0 Å². The van der Waals surface area contributed by atoms with Crippen LogP contribution in [-0.4, -0.2) is 41.1 Å². The van der Waals surface area contributed by atoms with E-state index >= 15 is 0 Å². The molecule has 1 aromatic heterocycles. The average Bonchev–Trinajstić information content (AvgIpc) is 2.44. The number of carbonyl (C=O) groups excluding carboxylic acids is 1. The zero-order valence-corrected chi connectivity index (χ0v) is 10.8. The largest absolute Gasteiger partial charge is 0.395 e. The van der Waals surface area contributed by atoms with Gasteiger partial charge in [0.1, 0.15) is 5.69 Å². The Morgan fingerprint density at radius 2 is 2.32 bits per heavy atom. The van der Waals surface area contributed by atoms with E-state index < -0.39 is 0 Å². The lowest BCUT2D eigenvalue weighted by atomic mass is 10.1. The van der Waals surface area contributed by atoms with Gasteiger partial charge in [0.25, 0.3) is 5.91 Å². The van der Waals surface area contributed by atoms with Gasteiger partial charge in [0, 0.05) is 26.2 Å². The summed E-state index contributed by atoms with van der Waals surface area (Å²) in [7, 11) is 1.62. The summed E-state index contributed by atoms with van der Waals surface area (Å²) in [6, 6.07) is 5.41. The van der Waals surface area contributed by atoms with Crippen molar-refractivity contribution in [1.29, 1.82) is 5.26 Å². The SMILES string of the molecule is CN(CCC#N)C(=O)c1ncccc1C#CCCO. The molecular formula is C14H15N3O2. The van der Waals surface area contributed by atoms with Crippen molar-refractivity contribution in [1.82, 2.24) is 9.88 Å². The maximum atomic E-state index is 12.1. The molecular weight excluding hydrogens is 242 g/mol. The van der Waals surface area contributed by atoms with Crippen molar-refractivity contribution in [3.05, 3.63) is 29.6 Å². The van der Waals surface area contributed by atoms with Crippen molar-refractivity contribution in [2.45, 2.75) is 12.8 Å². The van der Waals surface area contributed by atoms with E-state index in [-0.39, 0.29) is 24.6 Å². The molecule has 1 amide bonds. The molecule has 0 fully saturated rings. The molecule has 1 N–H and O–H groups in total. The maximum Gasteiger partial charge on any atom is 0.273 e. The monoisotopic (exact) mass is 257 g/mol. The molecule has 5 heteroatoms. The molecule has 0 bridgehead atoms. The molecule has 0 radical (unpaired) electrons. The molecule has 1 rings (SSSR count). The van der Waals surface area contributed by atoms with E-state index in [1.165, 1.54) is 11.1 Å². The molecule has 19 heavy (non-hydrogen) atoms. The van der Waals surface area contributed by atoms with Gasteiger partial charge in [0.15, 0.2) is 0 Å². The third-order valence-electron chi connectivity index (χ3n) is 2.38. The van der Waals surface area contributed by atoms with Crippen molar-refractivity contribution in [3.8, 4) is 17.9 Å². The molecule has 0 saturated heterocycles. The van der Waals surface area contributed by atoms with Gasteiger partial charge in [-0.2, -0.15) is 5.26 Å². The summed E-state index contributed by atoms with van der Waals surface area (Å²) in [6.45, 7) is 0.341. The first kappa shape index (κ1) is 14.7. The summed E-state index contributed by atoms with van der Waals surface area (Å²) in [5, 5.41) is 17.2. The highest BCUT2D eigenvalue weighted by molar-refractivity contribution is 5.94. The summed E-state index contributed by atoms with van der Waals surface area (Å²) in [4.78, 5) is 17.6. The Hall–Kier alpha value is -2.37. The van der Waals surface area contributed by atoms with E-state index in [9.17, 15) is 4.79 Å². The van der Waals surface area contributed by atoms with Crippen LogP contribution in [0.4, 0.5) is 0 Å². The lowest BCUT2D eigenvalue weighted by Gasteiger charge is -2.15. The van der Waals surface area contributed by atoms with E-state index in [2.05, 4.69) is 16.8 Å². The highest BCUT2D eigenvalue weighted by atomic mass is 16.2. The van der Waals surface area contributed by atoms with Crippen molar-refractivity contribution in [2.24, 2.45) is 0 Å². The Morgan fingerprint density at radius 3 is 3.00 bits per heavy atom. The minimum atomic E-state index is -0.260. The minimum Gasteiger partial charge on any atom is -0.395 e. The van der Waals surface area contributed by atoms with Gasteiger partial charge in [-0.05, 0) is 12.1 Å². The fraction of sp³-hybridized carbons (Fsp3) is 0.357. The molecule has 1 heterocycles. The number of hydrogen-bond acceptors (Lipinski definition) is 4. The number of nitrogens with zero attached hydrogens (tertiary/aromatic N) is 3. The van der Waals surface area contributed by atoms with Gasteiger partial charge >= 0.3 is 0 Å². The number of aliphatic hydroxyl groups is 1. The fourth-order valence-electron chi connectivity index (χ4n) is 1.39. The van der Waals surface area contributed by atoms with E-state index in [0.717, 1.165) is 0 Å². The Balaban J connectivity index is 2.92. The molecule has 0 aromatic carbocycles. The average molecular weight is 257 g/mol. The van der Waals surface area contributed by atoms with Crippen LogP contribution in [0.2, 0.25) is 0 Å². The van der Waals surface area contributed by atoms with Crippen LogP contribution in [0, 0.1) is 23.2 Å². The van der Waals surface area contributed by atoms with Crippen LogP contribution >= 0.6 is 0 Å². The first-order valence-electron chi connectivity index (χ1n) is 5.88. The second kappa shape index (κ2) is 7.86. The highest BCUT2D eigenvalue weighted by Gasteiger charge is 2.15. The maximum absolute atomic E-state index is 12.1. The third kappa shape index (κ3) is 4.42. The molecule has 98 valence electrons. The minimum absolute atomic E-state index is 0.0153.